The second kappa shape index (κ2) is 3.37. The average molecular weight is 204 g/mol. The summed E-state index contributed by atoms with van der Waals surface area (Å²) in [6.07, 6.45) is 2.49. The number of aliphatic carboxylic acids is 1. The van der Waals surface area contributed by atoms with Gasteiger partial charge in [-0.1, -0.05) is 24.3 Å². The Balaban J connectivity index is 2.35. The fraction of sp³-hybridized carbons (Fsp3) is 0.462. The van der Waals surface area contributed by atoms with Crippen LogP contribution in [0.2, 0.25) is 0 Å². The van der Waals surface area contributed by atoms with Crippen LogP contribution in [0.5, 0.6) is 0 Å². The number of benzene rings is 1. The molecular weight excluding hydrogens is 188 g/mol. The van der Waals surface area contributed by atoms with Crippen molar-refractivity contribution in [3.05, 3.63) is 35.4 Å². The van der Waals surface area contributed by atoms with E-state index in [0.29, 0.717) is 5.92 Å². The molecular formula is C13H16O2. The fourth-order valence-corrected chi connectivity index (χ4v) is 1.72. The van der Waals surface area contributed by atoms with Crippen molar-refractivity contribution < 1.29 is 9.90 Å². The maximum absolute atomic E-state index is 11.1. The Hall–Kier alpha value is -1.31. The van der Waals surface area contributed by atoms with Crippen molar-refractivity contribution in [1.29, 1.82) is 0 Å². The first kappa shape index (κ1) is 10.2. The lowest BCUT2D eigenvalue weighted by molar-refractivity contribution is -0.142. The number of carboxylic acid groups (broad SMARTS) is 1. The van der Waals surface area contributed by atoms with Crippen molar-refractivity contribution in [3.8, 4) is 0 Å². The van der Waals surface area contributed by atoms with Crippen molar-refractivity contribution in [1.82, 2.24) is 0 Å². The van der Waals surface area contributed by atoms with Gasteiger partial charge < -0.3 is 5.11 Å². The molecule has 0 amide bonds. The number of rotatable bonds is 3. The summed E-state index contributed by atoms with van der Waals surface area (Å²) in [6.45, 7) is 3.50. The van der Waals surface area contributed by atoms with Crippen LogP contribution < -0.4 is 0 Å². The van der Waals surface area contributed by atoms with Crippen molar-refractivity contribution in [2.75, 3.05) is 0 Å². The van der Waals surface area contributed by atoms with E-state index in [1.54, 1.807) is 13.8 Å². The molecule has 1 aromatic rings. The molecule has 0 aliphatic heterocycles. The van der Waals surface area contributed by atoms with Crippen LogP contribution in [-0.2, 0) is 10.2 Å². The molecule has 0 atom stereocenters. The van der Waals surface area contributed by atoms with Gasteiger partial charge in [-0.15, -0.1) is 0 Å². The molecule has 0 unspecified atom stereocenters. The molecule has 0 saturated heterocycles. The normalized spacial score (nSPS) is 16.4. The highest BCUT2D eigenvalue weighted by molar-refractivity contribution is 5.80. The first-order valence-corrected chi connectivity index (χ1v) is 5.35. The molecule has 1 N–H and O–H groups in total. The van der Waals surface area contributed by atoms with Crippen LogP contribution in [0.4, 0.5) is 0 Å². The van der Waals surface area contributed by atoms with Gasteiger partial charge in [0, 0.05) is 0 Å². The largest absolute Gasteiger partial charge is 0.481 e. The highest BCUT2D eigenvalue weighted by Crippen LogP contribution is 2.41. The minimum absolute atomic E-state index is 0.676. The van der Waals surface area contributed by atoms with Crippen LogP contribution >= 0.6 is 0 Å². The summed E-state index contributed by atoms with van der Waals surface area (Å²) in [5.74, 6) is -0.0926. The van der Waals surface area contributed by atoms with Crippen LogP contribution in [0.3, 0.4) is 0 Å². The SMILES string of the molecule is CC(C)(C(=O)O)c1cccc(C2CC2)c1. The summed E-state index contributed by atoms with van der Waals surface area (Å²) in [4.78, 5) is 11.1. The van der Waals surface area contributed by atoms with Gasteiger partial charge in [0.1, 0.15) is 0 Å². The van der Waals surface area contributed by atoms with Crippen LogP contribution in [0.1, 0.15) is 43.7 Å². The second-order valence-corrected chi connectivity index (χ2v) is 4.83. The molecule has 1 aliphatic rings. The Morgan fingerprint density at radius 3 is 2.60 bits per heavy atom. The fourth-order valence-electron chi connectivity index (χ4n) is 1.72. The Morgan fingerprint density at radius 2 is 2.07 bits per heavy atom. The summed E-state index contributed by atoms with van der Waals surface area (Å²) < 4.78 is 0. The Kier molecular flexibility index (Phi) is 2.29. The quantitative estimate of drug-likeness (QED) is 0.822. The molecule has 1 aliphatic carbocycles. The highest BCUT2D eigenvalue weighted by atomic mass is 16.4. The van der Waals surface area contributed by atoms with E-state index in [1.807, 2.05) is 18.2 Å². The minimum atomic E-state index is -0.787. The van der Waals surface area contributed by atoms with E-state index in [-0.39, 0.29) is 0 Å². The number of carbonyl (C=O) groups is 1. The molecule has 2 rings (SSSR count). The third-order valence-corrected chi connectivity index (χ3v) is 3.19. The van der Waals surface area contributed by atoms with E-state index in [2.05, 4.69) is 6.07 Å². The van der Waals surface area contributed by atoms with Gasteiger partial charge in [-0.25, -0.2) is 0 Å². The maximum atomic E-state index is 11.1. The zero-order chi connectivity index (χ0) is 11.1. The Labute approximate surface area is 89.9 Å². The van der Waals surface area contributed by atoms with E-state index in [0.717, 1.165) is 5.56 Å². The number of carboxylic acids is 1. The second-order valence-electron chi connectivity index (χ2n) is 4.83. The van der Waals surface area contributed by atoms with Crippen molar-refractivity contribution in [3.63, 3.8) is 0 Å². The van der Waals surface area contributed by atoms with Crippen molar-refractivity contribution in [2.24, 2.45) is 0 Å². The smallest absolute Gasteiger partial charge is 0.313 e. The first-order valence-electron chi connectivity index (χ1n) is 5.35. The van der Waals surface area contributed by atoms with Gasteiger partial charge in [0.2, 0.25) is 0 Å². The molecule has 0 bridgehead atoms. The van der Waals surface area contributed by atoms with Crippen LogP contribution in [0.25, 0.3) is 0 Å². The van der Waals surface area contributed by atoms with Gasteiger partial charge in [0.15, 0.2) is 0 Å². The number of hydrogen-bond acceptors (Lipinski definition) is 1. The van der Waals surface area contributed by atoms with Crippen LogP contribution in [0.15, 0.2) is 24.3 Å². The standard InChI is InChI=1S/C13H16O2/c1-13(2,12(14)15)11-5-3-4-10(8-11)9-6-7-9/h3-5,8-9H,6-7H2,1-2H3,(H,14,15). The summed E-state index contributed by atoms with van der Waals surface area (Å²) >= 11 is 0. The zero-order valence-electron chi connectivity index (χ0n) is 9.16. The Bertz CT molecular complexity index is 389. The van der Waals surface area contributed by atoms with E-state index >= 15 is 0 Å². The molecule has 0 spiro atoms. The van der Waals surface area contributed by atoms with E-state index in [9.17, 15) is 4.79 Å². The van der Waals surface area contributed by atoms with Crippen molar-refractivity contribution >= 4 is 5.97 Å². The monoisotopic (exact) mass is 204 g/mol. The van der Waals surface area contributed by atoms with Gasteiger partial charge in [0.05, 0.1) is 5.41 Å². The molecule has 2 heteroatoms. The molecule has 1 fully saturated rings. The summed E-state index contributed by atoms with van der Waals surface area (Å²) in [6, 6.07) is 8.01. The molecule has 0 radical (unpaired) electrons. The van der Waals surface area contributed by atoms with Gasteiger partial charge in [-0.05, 0) is 43.7 Å². The average Bonchev–Trinajstić information content (AvgIpc) is 3.01. The predicted molar refractivity (Wildman–Crippen MR) is 59.1 cm³/mol. The van der Waals surface area contributed by atoms with E-state index in [1.165, 1.54) is 18.4 Å². The molecule has 0 heterocycles. The topological polar surface area (TPSA) is 37.3 Å². The Morgan fingerprint density at radius 1 is 1.40 bits per heavy atom. The molecule has 1 saturated carbocycles. The molecule has 0 aromatic heterocycles. The molecule has 15 heavy (non-hydrogen) atoms. The zero-order valence-corrected chi connectivity index (χ0v) is 9.16. The lowest BCUT2D eigenvalue weighted by Gasteiger charge is -2.20. The van der Waals surface area contributed by atoms with Gasteiger partial charge in [-0.3, -0.25) is 4.79 Å². The summed E-state index contributed by atoms with van der Waals surface area (Å²) in [7, 11) is 0. The maximum Gasteiger partial charge on any atom is 0.313 e. The number of hydrogen-bond donors (Lipinski definition) is 1. The van der Waals surface area contributed by atoms with E-state index in [4.69, 9.17) is 5.11 Å². The lowest BCUT2D eigenvalue weighted by Crippen LogP contribution is -2.28. The third-order valence-electron chi connectivity index (χ3n) is 3.19. The third kappa shape index (κ3) is 1.89. The predicted octanol–water partition coefficient (Wildman–Crippen LogP) is 2.93. The highest BCUT2D eigenvalue weighted by Gasteiger charge is 2.31. The summed E-state index contributed by atoms with van der Waals surface area (Å²) in [5.41, 5.74) is 1.41. The minimum Gasteiger partial charge on any atom is -0.481 e. The van der Waals surface area contributed by atoms with Crippen molar-refractivity contribution in [2.45, 2.75) is 38.0 Å². The molecule has 80 valence electrons. The molecule has 2 nitrogen and oxygen atoms in total. The van der Waals surface area contributed by atoms with E-state index < -0.39 is 11.4 Å². The van der Waals surface area contributed by atoms with Gasteiger partial charge >= 0.3 is 5.97 Å². The molecule has 1 aromatic carbocycles. The van der Waals surface area contributed by atoms with Crippen LogP contribution in [-0.4, -0.2) is 11.1 Å². The van der Waals surface area contributed by atoms with Crippen LogP contribution in [0, 0.1) is 0 Å². The summed E-state index contributed by atoms with van der Waals surface area (Å²) in [5, 5.41) is 9.14. The van der Waals surface area contributed by atoms with Gasteiger partial charge in [-0.2, -0.15) is 0 Å². The lowest BCUT2D eigenvalue weighted by atomic mass is 9.84. The first-order chi connectivity index (χ1) is 7.01. The van der Waals surface area contributed by atoms with Gasteiger partial charge in [0.25, 0.3) is 0 Å².